The minimum Gasteiger partial charge on any atom is -0.346 e. The molecule has 0 aliphatic carbocycles. The number of aromatic nitrogens is 2. The van der Waals surface area contributed by atoms with Gasteiger partial charge in [0.2, 0.25) is 5.13 Å². The van der Waals surface area contributed by atoms with Gasteiger partial charge in [-0.15, -0.1) is 0 Å². The van der Waals surface area contributed by atoms with Crippen LogP contribution in [0.3, 0.4) is 0 Å². The zero-order valence-electron chi connectivity index (χ0n) is 11.8. The summed E-state index contributed by atoms with van der Waals surface area (Å²) in [7, 11) is 0. The van der Waals surface area contributed by atoms with E-state index in [9.17, 15) is 0 Å². The number of hydrogen-bond acceptors (Lipinski definition) is 5. The minimum absolute atomic E-state index is 0.824. The standard InChI is InChI=1S/C15H20N4S/c1-12-4-2-5-13(10-12)11-14-17-15(20-18-14)19-8-3-6-16-7-9-19/h2,4-5,10,16H,3,6-9,11H2,1H3. The topological polar surface area (TPSA) is 41.1 Å². The van der Waals surface area contributed by atoms with Gasteiger partial charge in [-0.2, -0.15) is 4.37 Å². The fourth-order valence-electron chi connectivity index (χ4n) is 2.49. The molecular formula is C15H20N4S. The molecule has 5 heteroatoms. The fraction of sp³-hybridized carbons (Fsp3) is 0.467. The van der Waals surface area contributed by atoms with Crippen molar-refractivity contribution in [2.24, 2.45) is 0 Å². The molecule has 106 valence electrons. The maximum Gasteiger partial charge on any atom is 0.205 e. The first-order chi connectivity index (χ1) is 9.81. The molecule has 3 rings (SSSR count). The Morgan fingerprint density at radius 2 is 2.25 bits per heavy atom. The third kappa shape index (κ3) is 3.35. The van der Waals surface area contributed by atoms with Gasteiger partial charge in [-0.05, 0) is 25.5 Å². The van der Waals surface area contributed by atoms with E-state index in [1.807, 2.05) is 0 Å². The highest BCUT2D eigenvalue weighted by atomic mass is 32.1. The molecule has 1 saturated heterocycles. The summed E-state index contributed by atoms with van der Waals surface area (Å²) in [5, 5.41) is 4.48. The predicted molar refractivity (Wildman–Crippen MR) is 83.6 cm³/mol. The van der Waals surface area contributed by atoms with E-state index >= 15 is 0 Å². The molecule has 0 unspecified atom stereocenters. The van der Waals surface area contributed by atoms with Crippen molar-refractivity contribution in [1.82, 2.24) is 14.7 Å². The lowest BCUT2D eigenvalue weighted by Crippen LogP contribution is -2.27. The number of nitrogens with zero attached hydrogens (tertiary/aromatic N) is 3. The van der Waals surface area contributed by atoms with Crippen LogP contribution in [0, 0.1) is 6.92 Å². The molecule has 4 nitrogen and oxygen atoms in total. The molecule has 1 aromatic heterocycles. The van der Waals surface area contributed by atoms with E-state index in [2.05, 4.69) is 45.8 Å². The van der Waals surface area contributed by atoms with Crippen molar-refractivity contribution in [3.05, 3.63) is 41.2 Å². The predicted octanol–water partition coefficient (Wildman–Crippen LogP) is 2.24. The van der Waals surface area contributed by atoms with E-state index in [0.29, 0.717) is 0 Å². The molecule has 1 aliphatic heterocycles. The van der Waals surface area contributed by atoms with Crippen molar-refractivity contribution in [1.29, 1.82) is 0 Å². The zero-order chi connectivity index (χ0) is 13.8. The third-order valence-corrected chi connectivity index (χ3v) is 4.33. The Hall–Kier alpha value is -1.46. The van der Waals surface area contributed by atoms with Crippen LogP contribution in [0.15, 0.2) is 24.3 Å². The van der Waals surface area contributed by atoms with Crippen LogP contribution < -0.4 is 10.2 Å². The van der Waals surface area contributed by atoms with Gasteiger partial charge in [-0.25, -0.2) is 4.98 Å². The fourth-order valence-corrected chi connectivity index (χ4v) is 3.22. The Kier molecular flexibility index (Phi) is 4.28. The van der Waals surface area contributed by atoms with E-state index in [1.54, 1.807) is 0 Å². The van der Waals surface area contributed by atoms with Gasteiger partial charge in [0.1, 0.15) is 5.82 Å². The van der Waals surface area contributed by atoms with Crippen molar-refractivity contribution >= 4 is 16.7 Å². The quantitative estimate of drug-likeness (QED) is 0.940. The Labute approximate surface area is 124 Å². The Balaban J connectivity index is 1.70. The monoisotopic (exact) mass is 288 g/mol. The van der Waals surface area contributed by atoms with Crippen LogP contribution >= 0.6 is 11.5 Å². The molecule has 2 aromatic rings. The molecule has 1 N–H and O–H groups in total. The maximum atomic E-state index is 4.71. The molecule has 0 radical (unpaired) electrons. The highest BCUT2D eigenvalue weighted by Crippen LogP contribution is 2.19. The number of rotatable bonds is 3. The van der Waals surface area contributed by atoms with Crippen molar-refractivity contribution < 1.29 is 0 Å². The van der Waals surface area contributed by atoms with Crippen molar-refractivity contribution in [2.75, 3.05) is 31.1 Å². The largest absolute Gasteiger partial charge is 0.346 e. The summed E-state index contributed by atoms with van der Waals surface area (Å²) in [6.07, 6.45) is 2.00. The van der Waals surface area contributed by atoms with Gasteiger partial charge in [-0.1, -0.05) is 29.8 Å². The molecule has 1 fully saturated rings. The maximum absolute atomic E-state index is 4.71. The second kappa shape index (κ2) is 6.33. The summed E-state index contributed by atoms with van der Waals surface area (Å²) in [4.78, 5) is 7.05. The molecule has 0 spiro atoms. The van der Waals surface area contributed by atoms with Crippen molar-refractivity contribution in [3.63, 3.8) is 0 Å². The van der Waals surface area contributed by atoms with Gasteiger partial charge in [-0.3, -0.25) is 0 Å². The molecule has 20 heavy (non-hydrogen) atoms. The van der Waals surface area contributed by atoms with E-state index < -0.39 is 0 Å². The van der Waals surface area contributed by atoms with Gasteiger partial charge < -0.3 is 10.2 Å². The molecule has 0 amide bonds. The van der Waals surface area contributed by atoms with Crippen molar-refractivity contribution in [3.8, 4) is 0 Å². The summed E-state index contributed by atoms with van der Waals surface area (Å²) in [5.41, 5.74) is 2.57. The van der Waals surface area contributed by atoms with Crippen LogP contribution in [-0.2, 0) is 6.42 Å². The third-order valence-electron chi connectivity index (χ3n) is 3.51. The number of anilines is 1. The van der Waals surface area contributed by atoms with Crippen LogP contribution in [-0.4, -0.2) is 35.5 Å². The lowest BCUT2D eigenvalue weighted by atomic mass is 10.1. The van der Waals surface area contributed by atoms with E-state index in [4.69, 9.17) is 4.98 Å². The smallest absolute Gasteiger partial charge is 0.205 e. The lowest BCUT2D eigenvalue weighted by molar-refractivity contribution is 0.724. The second-order valence-electron chi connectivity index (χ2n) is 5.25. The van der Waals surface area contributed by atoms with Gasteiger partial charge >= 0.3 is 0 Å². The van der Waals surface area contributed by atoms with E-state index in [-0.39, 0.29) is 0 Å². The molecule has 1 aliphatic rings. The van der Waals surface area contributed by atoms with Gasteiger partial charge in [0.05, 0.1) is 0 Å². The summed E-state index contributed by atoms with van der Waals surface area (Å²) < 4.78 is 4.52. The number of aryl methyl sites for hydroxylation is 1. The first-order valence-electron chi connectivity index (χ1n) is 7.15. The van der Waals surface area contributed by atoms with E-state index in [0.717, 1.165) is 43.6 Å². The SMILES string of the molecule is Cc1cccc(Cc2nsc(N3CCCNCC3)n2)c1. The second-order valence-corrected chi connectivity index (χ2v) is 5.98. The highest BCUT2D eigenvalue weighted by molar-refractivity contribution is 7.09. The Bertz CT molecular complexity index is 559. The molecule has 1 aromatic carbocycles. The minimum atomic E-state index is 0.824. The van der Waals surface area contributed by atoms with Crippen LogP contribution in [0.25, 0.3) is 0 Å². The Morgan fingerprint density at radius 1 is 1.30 bits per heavy atom. The van der Waals surface area contributed by atoms with Gasteiger partial charge in [0.15, 0.2) is 0 Å². The summed E-state index contributed by atoms with van der Waals surface area (Å²) >= 11 is 1.53. The first-order valence-corrected chi connectivity index (χ1v) is 7.92. The average Bonchev–Trinajstić information content (AvgIpc) is 2.73. The normalized spacial score (nSPS) is 16.1. The molecular weight excluding hydrogens is 268 g/mol. The Morgan fingerprint density at radius 3 is 3.15 bits per heavy atom. The molecule has 0 atom stereocenters. The lowest BCUT2D eigenvalue weighted by Gasteiger charge is -2.17. The molecule has 0 saturated carbocycles. The van der Waals surface area contributed by atoms with Crippen LogP contribution in [0.4, 0.5) is 5.13 Å². The zero-order valence-corrected chi connectivity index (χ0v) is 12.6. The summed E-state index contributed by atoms with van der Waals surface area (Å²) in [6, 6.07) is 8.56. The van der Waals surface area contributed by atoms with Crippen LogP contribution in [0.1, 0.15) is 23.4 Å². The number of hydrogen-bond donors (Lipinski definition) is 1. The molecule has 0 bridgehead atoms. The van der Waals surface area contributed by atoms with Gasteiger partial charge in [0.25, 0.3) is 0 Å². The number of benzene rings is 1. The van der Waals surface area contributed by atoms with Crippen molar-refractivity contribution in [2.45, 2.75) is 19.8 Å². The van der Waals surface area contributed by atoms with Crippen LogP contribution in [0.2, 0.25) is 0 Å². The average molecular weight is 288 g/mol. The molecule has 2 heterocycles. The highest BCUT2D eigenvalue weighted by Gasteiger charge is 2.14. The summed E-state index contributed by atoms with van der Waals surface area (Å²) in [6.45, 7) is 6.36. The summed E-state index contributed by atoms with van der Waals surface area (Å²) in [5.74, 6) is 0.938. The van der Waals surface area contributed by atoms with Crippen LogP contribution in [0.5, 0.6) is 0 Å². The van der Waals surface area contributed by atoms with Gasteiger partial charge in [0, 0.05) is 37.6 Å². The first kappa shape index (κ1) is 13.5. The number of nitrogens with one attached hydrogen (secondary N) is 1. The van der Waals surface area contributed by atoms with E-state index in [1.165, 1.54) is 29.1 Å².